The van der Waals surface area contributed by atoms with Gasteiger partial charge in [-0.3, -0.25) is 20.8 Å². The topological polar surface area (TPSA) is 122 Å². The van der Waals surface area contributed by atoms with Crippen LogP contribution in [0.2, 0.25) is 0 Å². The van der Waals surface area contributed by atoms with E-state index >= 15 is 0 Å². The molecule has 0 aliphatic heterocycles. The summed E-state index contributed by atoms with van der Waals surface area (Å²) in [4.78, 5) is 21.2. The number of nitro groups is 1. The lowest BCUT2D eigenvalue weighted by Crippen LogP contribution is -2.20. The molecule has 8 heteroatoms. The van der Waals surface area contributed by atoms with Crippen LogP contribution in [0.4, 0.5) is 17.1 Å². The van der Waals surface area contributed by atoms with Gasteiger partial charge < -0.3 is 16.1 Å². The fraction of sp³-hybridized carbons (Fsp3) is 0.300. The molecule has 1 aromatic rings. The number of rotatable bonds is 6. The molecule has 0 unspecified atom stereocenters. The number of hydrogen-bond donors (Lipinski definition) is 4. The van der Waals surface area contributed by atoms with E-state index in [1.165, 1.54) is 12.1 Å². The van der Waals surface area contributed by atoms with E-state index in [2.05, 4.69) is 16.1 Å². The fourth-order valence-corrected chi connectivity index (χ4v) is 1.35. The number of nitrogens with zero attached hydrogens (tertiary/aromatic N) is 1. The van der Waals surface area contributed by atoms with Crippen LogP contribution in [-0.4, -0.2) is 24.4 Å². The molecule has 0 aliphatic carbocycles. The van der Waals surface area contributed by atoms with Gasteiger partial charge in [0.1, 0.15) is 0 Å². The molecule has 0 fully saturated rings. The molecular formula is C10H15N5O3. The van der Waals surface area contributed by atoms with Gasteiger partial charge in [-0.2, -0.15) is 0 Å². The molecule has 18 heavy (non-hydrogen) atoms. The molecule has 1 rings (SSSR count). The first-order chi connectivity index (χ1) is 8.56. The zero-order valence-corrected chi connectivity index (χ0v) is 9.90. The molecule has 1 amide bonds. The number of hydrazine groups is 1. The van der Waals surface area contributed by atoms with Crippen LogP contribution in [0.1, 0.15) is 6.42 Å². The predicted octanol–water partition coefficient (Wildman–Crippen LogP) is 0.428. The Morgan fingerprint density at radius 1 is 1.39 bits per heavy atom. The third-order valence-electron chi connectivity index (χ3n) is 2.26. The summed E-state index contributed by atoms with van der Waals surface area (Å²) in [5, 5.41) is 16.1. The summed E-state index contributed by atoms with van der Waals surface area (Å²) in [5.41, 5.74) is 3.22. The largest absolute Gasteiger partial charge is 0.384 e. The quantitative estimate of drug-likeness (QED) is 0.331. The lowest BCUT2D eigenvalue weighted by atomic mass is 10.2. The van der Waals surface area contributed by atoms with Crippen LogP contribution in [0.3, 0.4) is 0 Å². The lowest BCUT2D eigenvalue weighted by molar-refractivity contribution is -0.384. The summed E-state index contributed by atoms with van der Waals surface area (Å²) in [6, 6.07) is 4.32. The van der Waals surface area contributed by atoms with Crippen LogP contribution in [0.15, 0.2) is 18.2 Å². The normalized spacial score (nSPS) is 9.67. The van der Waals surface area contributed by atoms with Crippen molar-refractivity contribution in [2.24, 2.45) is 5.84 Å². The van der Waals surface area contributed by atoms with Gasteiger partial charge in [0.15, 0.2) is 0 Å². The van der Waals surface area contributed by atoms with Crippen molar-refractivity contribution in [3.8, 4) is 0 Å². The summed E-state index contributed by atoms with van der Waals surface area (Å²) >= 11 is 0. The van der Waals surface area contributed by atoms with E-state index in [1.54, 1.807) is 13.1 Å². The smallest absolute Gasteiger partial charge is 0.273 e. The third-order valence-corrected chi connectivity index (χ3v) is 2.26. The standard InChI is InChI=1S/C10H15N5O3/c1-12-10(16)2-3-13-7-4-8(14-11)6-9(5-7)15(17)18/h4-6,13-14H,2-3,11H2,1H3,(H,12,16). The van der Waals surface area contributed by atoms with E-state index in [0.717, 1.165) is 0 Å². The lowest BCUT2D eigenvalue weighted by Gasteiger charge is -2.08. The van der Waals surface area contributed by atoms with Crippen molar-refractivity contribution in [3.63, 3.8) is 0 Å². The molecule has 0 bridgehead atoms. The molecule has 0 aliphatic rings. The zero-order valence-electron chi connectivity index (χ0n) is 9.90. The van der Waals surface area contributed by atoms with Crippen molar-refractivity contribution in [1.82, 2.24) is 5.32 Å². The van der Waals surface area contributed by atoms with Crippen LogP contribution in [0.25, 0.3) is 0 Å². The SMILES string of the molecule is CNC(=O)CCNc1cc(NN)cc([N+](=O)[O-])c1. The van der Waals surface area contributed by atoms with E-state index in [4.69, 9.17) is 5.84 Å². The van der Waals surface area contributed by atoms with Gasteiger partial charge in [0.25, 0.3) is 5.69 Å². The minimum atomic E-state index is -0.509. The first kappa shape index (κ1) is 13.7. The summed E-state index contributed by atoms with van der Waals surface area (Å²) in [5.74, 6) is 5.12. The Labute approximate surface area is 104 Å². The summed E-state index contributed by atoms with van der Waals surface area (Å²) in [6.45, 7) is 0.380. The monoisotopic (exact) mass is 253 g/mol. The van der Waals surface area contributed by atoms with E-state index in [-0.39, 0.29) is 18.0 Å². The van der Waals surface area contributed by atoms with Crippen molar-refractivity contribution in [1.29, 1.82) is 0 Å². The molecule has 0 spiro atoms. The highest BCUT2D eigenvalue weighted by atomic mass is 16.6. The summed E-state index contributed by atoms with van der Waals surface area (Å²) in [6.07, 6.45) is 0.282. The molecule has 0 heterocycles. The van der Waals surface area contributed by atoms with Crippen LogP contribution in [0, 0.1) is 10.1 Å². The van der Waals surface area contributed by atoms with E-state index in [9.17, 15) is 14.9 Å². The van der Waals surface area contributed by atoms with Crippen LogP contribution in [-0.2, 0) is 4.79 Å². The number of hydrogen-bond acceptors (Lipinski definition) is 6. The van der Waals surface area contributed by atoms with Crippen molar-refractivity contribution in [2.45, 2.75) is 6.42 Å². The number of amides is 1. The molecule has 0 saturated heterocycles. The van der Waals surface area contributed by atoms with Gasteiger partial charge in [0.2, 0.25) is 5.91 Å². The molecule has 0 radical (unpaired) electrons. The number of non-ortho nitro benzene ring substituents is 1. The fourth-order valence-electron chi connectivity index (χ4n) is 1.35. The maximum atomic E-state index is 11.0. The summed E-state index contributed by atoms with van der Waals surface area (Å²) < 4.78 is 0. The van der Waals surface area contributed by atoms with Crippen molar-refractivity contribution >= 4 is 23.0 Å². The molecular weight excluding hydrogens is 238 g/mol. The third kappa shape index (κ3) is 3.91. The number of nitro benzene ring substituents is 1. The average Bonchev–Trinajstić information content (AvgIpc) is 2.37. The van der Waals surface area contributed by atoms with Crippen LogP contribution < -0.4 is 21.9 Å². The highest BCUT2D eigenvalue weighted by Gasteiger charge is 2.09. The number of nitrogens with one attached hydrogen (secondary N) is 3. The number of carbonyl (C=O) groups excluding carboxylic acids is 1. The summed E-state index contributed by atoms with van der Waals surface area (Å²) in [7, 11) is 1.55. The Hall–Kier alpha value is -2.35. The molecule has 98 valence electrons. The van der Waals surface area contributed by atoms with E-state index < -0.39 is 4.92 Å². The predicted molar refractivity (Wildman–Crippen MR) is 68.1 cm³/mol. The van der Waals surface area contributed by atoms with Crippen molar-refractivity contribution < 1.29 is 9.72 Å². The van der Waals surface area contributed by atoms with Crippen LogP contribution >= 0.6 is 0 Å². The van der Waals surface area contributed by atoms with Gasteiger partial charge in [0, 0.05) is 37.8 Å². The number of nitrogen functional groups attached to an aromatic ring is 1. The first-order valence-corrected chi connectivity index (χ1v) is 5.27. The zero-order chi connectivity index (χ0) is 13.5. The van der Waals surface area contributed by atoms with Gasteiger partial charge in [-0.25, -0.2) is 0 Å². The Morgan fingerprint density at radius 2 is 2.06 bits per heavy atom. The van der Waals surface area contributed by atoms with Crippen molar-refractivity contribution in [2.75, 3.05) is 24.3 Å². The van der Waals surface area contributed by atoms with Gasteiger partial charge in [-0.05, 0) is 6.07 Å². The minimum absolute atomic E-state index is 0.0760. The number of carbonyl (C=O) groups is 1. The van der Waals surface area contributed by atoms with Gasteiger partial charge in [-0.1, -0.05) is 0 Å². The molecule has 0 aromatic heterocycles. The van der Waals surface area contributed by atoms with Crippen LogP contribution in [0.5, 0.6) is 0 Å². The second-order valence-corrected chi connectivity index (χ2v) is 3.52. The first-order valence-electron chi connectivity index (χ1n) is 5.27. The molecule has 1 aromatic carbocycles. The van der Waals surface area contributed by atoms with Gasteiger partial charge in [0.05, 0.1) is 10.6 Å². The highest BCUT2D eigenvalue weighted by molar-refractivity contribution is 5.76. The van der Waals surface area contributed by atoms with Gasteiger partial charge >= 0.3 is 0 Å². The van der Waals surface area contributed by atoms with E-state index in [1.807, 2.05) is 0 Å². The molecule has 0 saturated carbocycles. The molecule has 8 nitrogen and oxygen atoms in total. The molecule has 0 atom stereocenters. The molecule has 5 N–H and O–H groups in total. The number of benzene rings is 1. The minimum Gasteiger partial charge on any atom is -0.384 e. The second kappa shape index (κ2) is 6.40. The Bertz CT molecular complexity index is 449. The maximum absolute atomic E-state index is 11.0. The van der Waals surface area contributed by atoms with Gasteiger partial charge in [-0.15, -0.1) is 0 Å². The Morgan fingerprint density at radius 3 is 2.61 bits per heavy atom. The number of anilines is 2. The van der Waals surface area contributed by atoms with Crippen molar-refractivity contribution in [3.05, 3.63) is 28.3 Å². The Balaban J connectivity index is 2.72. The number of nitrogens with two attached hydrogens (primary N) is 1. The second-order valence-electron chi connectivity index (χ2n) is 3.52. The average molecular weight is 253 g/mol. The maximum Gasteiger partial charge on any atom is 0.273 e. The Kier molecular flexibility index (Phi) is 4.88. The highest BCUT2D eigenvalue weighted by Crippen LogP contribution is 2.23. The van der Waals surface area contributed by atoms with E-state index in [0.29, 0.717) is 17.9 Å².